The van der Waals surface area contributed by atoms with Crippen LogP contribution < -0.4 is 9.62 Å². The third-order valence-electron chi connectivity index (χ3n) is 3.64. The lowest BCUT2D eigenvalue weighted by molar-refractivity contribution is 0.575. The molecule has 1 aliphatic rings. The van der Waals surface area contributed by atoms with Gasteiger partial charge in [-0.05, 0) is 25.7 Å². The average Bonchev–Trinajstić information content (AvgIpc) is 2.95. The fourth-order valence-corrected chi connectivity index (χ4v) is 4.52. The molecule has 1 saturated heterocycles. The number of nitrogens with one attached hydrogen (secondary N) is 1. The van der Waals surface area contributed by atoms with E-state index in [1.807, 2.05) is 12.3 Å². The van der Waals surface area contributed by atoms with Gasteiger partial charge in [-0.1, -0.05) is 13.3 Å². The number of anilines is 1. The van der Waals surface area contributed by atoms with Crippen LogP contribution in [0.5, 0.6) is 0 Å². The van der Waals surface area contributed by atoms with E-state index in [9.17, 15) is 8.42 Å². The summed E-state index contributed by atoms with van der Waals surface area (Å²) in [6.45, 7) is 4.62. The molecule has 0 spiro atoms. The van der Waals surface area contributed by atoms with E-state index in [0.717, 1.165) is 30.3 Å². The minimum absolute atomic E-state index is 0.222. The Bertz CT molecular complexity index is 522. The third kappa shape index (κ3) is 5.56. The van der Waals surface area contributed by atoms with Crippen LogP contribution in [-0.4, -0.2) is 38.8 Å². The third-order valence-corrected chi connectivity index (χ3v) is 6.06. The van der Waals surface area contributed by atoms with Crippen LogP contribution in [0, 0.1) is 0 Å². The van der Waals surface area contributed by atoms with Crippen LogP contribution in [0.15, 0.2) is 5.38 Å². The number of hydrogen-bond donors (Lipinski definition) is 1. The monoisotopic (exact) mass is 331 g/mol. The van der Waals surface area contributed by atoms with Gasteiger partial charge in [-0.25, -0.2) is 18.1 Å². The molecule has 0 atom stereocenters. The number of hydrogen-bond acceptors (Lipinski definition) is 5. The second kappa shape index (κ2) is 8.10. The molecule has 0 radical (unpaired) electrons. The van der Waals surface area contributed by atoms with Crippen LogP contribution in [0.2, 0.25) is 0 Å². The van der Waals surface area contributed by atoms with E-state index in [1.165, 1.54) is 19.3 Å². The molecule has 0 aromatic carbocycles. The molecule has 0 aliphatic carbocycles. The van der Waals surface area contributed by atoms with Crippen molar-refractivity contribution in [2.75, 3.05) is 30.3 Å². The SMILES string of the molecule is CCCCS(=O)(=O)NCCc1csc(N2CCCCC2)n1. The van der Waals surface area contributed by atoms with Crippen molar-refractivity contribution in [3.8, 4) is 0 Å². The average molecular weight is 332 g/mol. The van der Waals surface area contributed by atoms with Crippen molar-refractivity contribution < 1.29 is 8.42 Å². The summed E-state index contributed by atoms with van der Waals surface area (Å²) in [6.07, 6.45) is 6.07. The van der Waals surface area contributed by atoms with Crippen LogP contribution in [0.1, 0.15) is 44.7 Å². The first kappa shape index (κ1) is 16.7. The predicted molar refractivity (Wildman–Crippen MR) is 88.6 cm³/mol. The molecule has 0 unspecified atom stereocenters. The van der Waals surface area contributed by atoms with Gasteiger partial charge in [-0.3, -0.25) is 0 Å². The van der Waals surface area contributed by atoms with E-state index in [1.54, 1.807) is 11.3 Å². The van der Waals surface area contributed by atoms with E-state index >= 15 is 0 Å². The molecular weight excluding hydrogens is 306 g/mol. The second-order valence-corrected chi connectivity index (χ2v) is 8.25. The summed E-state index contributed by atoms with van der Waals surface area (Å²) in [5, 5.41) is 3.13. The van der Waals surface area contributed by atoms with Crippen LogP contribution in [0.3, 0.4) is 0 Å². The Morgan fingerprint density at radius 3 is 2.81 bits per heavy atom. The quantitative estimate of drug-likeness (QED) is 0.794. The fourth-order valence-electron chi connectivity index (χ4n) is 2.38. The Hall–Kier alpha value is -0.660. The molecule has 120 valence electrons. The van der Waals surface area contributed by atoms with Crippen molar-refractivity contribution in [2.45, 2.75) is 45.4 Å². The standard InChI is InChI=1S/C14H25N3O2S2/c1-2-3-11-21(18,19)15-8-7-13-12-20-14(16-13)17-9-5-4-6-10-17/h12,15H,2-11H2,1H3. The van der Waals surface area contributed by atoms with Gasteiger partial charge in [0.05, 0.1) is 11.4 Å². The Balaban J connectivity index is 1.77. The minimum Gasteiger partial charge on any atom is -0.348 e. The van der Waals surface area contributed by atoms with Crippen molar-refractivity contribution in [3.63, 3.8) is 0 Å². The van der Waals surface area contributed by atoms with Crippen LogP contribution in [0.4, 0.5) is 5.13 Å². The van der Waals surface area contributed by atoms with Gasteiger partial charge in [0.25, 0.3) is 0 Å². The zero-order chi connectivity index (χ0) is 15.1. The maximum Gasteiger partial charge on any atom is 0.211 e. The van der Waals surface area contributed by atoms with Gasteiger partial charge in [-0.15, -0.1) is 11.3 Å². The lowest BCUT2D eigenvalue weighted by atomic mass is 10.1. The van der Waals surface area contributed by atoms with Gasteiger partial charge in [0.1, 0.15) is 0 Å². The van der Waals surface area contributed by atoms with E-state index < -0.39 is 10.0 Å². The molecule has 1 aromatic rings. The molecule has 0 amide bonds. The number of nitrogens with zero attached hydrogens (tertiary/aromatic N) is 2. The highest BCUT2D eigenvalue weighted by atomic mass is 32.2. The number of aromatic nitrogens is 1. The predicted octanol–water partition coefficient (Wildman–Crippen LogP) is 2.40. The van der Waals surface area contributed by atoms with Gasteiger partial charge >= 0.3 is 0 Å². The molecule has 7 heteroatoms. The Morgan fingerprint density at radius 2 is 2.10 bits per heavy atom. The van der Waals surface area contributed by atoms with Gasteiger partial charge in [0.2, 0.25) is 10.0 Å². The maximum absolute atomic E-state index is 11.7. The number of thiazole rings is 1. The topological polar surface area (TPSA) is 62.3 Å². The molecule has 2 rings (SSSR count). The smallest absolute Gasteiger partial charge is 0.211 e. The highest BCUT2D eigenvalue weighted by Crippen LogP contribution is 2.24. The Labute approximate surface area is 131 Å². The van der Waals surface area contributed by atoms with Gasteiger partial charge in [0.15, 0.2) is 5.13 Å². The van der Waals surface area contributed by atoms with Crippen LogP contribution >= 0.6 is 11.3 Å². The van der Waals surface area contributed by atoms with Crippen molar-refractivity contribution in [1.29, 1.82) is 0 Å². The molecule has 1 aliphatic heterocycles. The van der Waals surface area contributed by atoms with E-state index in [4.69, 9.17) is 0 Å². The summed E-state index contributed by atoms with van der Waals surface area (Å²) >= 11 is 1.67. The van der Waals surface area contributed by atoms with E-state index in [-0.39, 0.29) is 5.75 Å². The first-order valence-corrected chi connectivity index (χ1v) is 10.3. The molecule has 1 fully saturated rings. The van der Waals surface area contributed by atoms with E-state index in [2.05, 4.69) is 14.6 Å². The Kier molecular flexibility index (Phi) is 6.44. The van der Waals surface area contributed by atoms with Gasteiger partial charge < -0.3 is 4.90 Å². The van der Waals surface area contributed by atoms with Crippen LogP contribution in [-0.2, 0) is 16.4 Å². The lowest BCUT2D eigenvalue weighted by Gasteiger charge is -2.25. The highest BCUT2D eigenvalue weighted by molar-refractivity contribution is 7.89. The zero-order valence-corrected chi connectivity index (χ0v) is 14.3. The van der Waals surface area contributed by atoms with Crippen molar-refractivity contribution in [1.82, 2.24) is 9.71 Å². The first-order chi connectivity index (χ1) is 10.1. The normalized spacial score (nSPS) is 16.3. The summed E-state index contributed by atoms with van der Waals surface area (Å²) in [7, 11) is -3.11. The first-order valence-electron chi connectivity index (χ1n) is 7.77. The highest BCUT2D eigenvalue weighted by Gasteiger charge is 2.14. The fraction of sp³-hybridized carbons (Fsp3) is 0.786. The number of rotatable bonds is 8. The summed E-state index contributed by atoms with van der Waals surface area (Å²) in [4.78, 5) is 6.96. The van der Waals surface area contributed by atoms with Crippen molar-refractivity contribution >= 4 is 26.5 Å². The van der Waals surface area contributed by atoms with Gasteiger partial charge in [-0.2, -0.15) is 0 Å². The summed E-state index contributed by atoms with van der Waals surface area (Å²) in [5.41, 5.74) is 0.985. The number of sulfonamides is 1. The summed E-state index contributed by atoms with van der Waals surface area (Å²) < 4.78 is 26.0. The maximum atomic E-state index is 11.7. The lowest BCUT2D eigenvalue weighted by Crippen LogP contribution is -2.29. The molecule has 21 heavy (non-hydrogen) atoms. The summed E-state index contributed by atoms with van der Waals surface area (Å²) in [6, 6.07) is 0. The van der Waals surface area contributed by atoms with Crippen molar-refractivity contribution in [2.24, 2.45) is 0 Å². The molecule has 1 aromatic heterocycles. The minimum atomic E-state index is -3.11. The molecule has 0 bridgehead atoms. The van der Waals surface area contributed by atoms with Crippen molar-refractivity contribution in [3.05, 3.63) is 11.1 Å². The number of unbranched alkanes of at least 4 members (excludes halogenated alkanes) is 1. The molecule has 0 saturated carbocycles. The van der Waals surface area contributed by atoms with Crippen LogP contribution in [0.25, 0.3) is 0 Å². The van der Waals surface area contributed by atoms with Gasteiger partial charge in [0, 0.05) is 31.4 Å². The summed E-state index contributed by atoms with van der Waals surface area (Å²) in [5.74, 6) is 0.222. The largest absolute Gasteiger partial charge is 0.348 e. The Morgan fingerprint density at radius 1 is 1.33 bits per heavy atom. The van der Waals surface area contributed by atoms with E-state index in [0.29, 0.717) is 19.4 Å². The molecular formula is C14H25N3O2S2. The second-order valence-electron chi connectivity index (χ2n) is 5.49. The molecule has 5 nitrogen and oxygen atoms in total. The molecule has 2 heterocycles. The zero-order valence-electron chi connectivity index (χ0n) is 12.7. The number of piperidine rings is 1. The molecule has 1 N–H and O–H groups in total.